The summed E-state index contributed by atoms with van der Waals surface area (Å²) in [6, 6.07) is 9.95. The fourth-order valence-corrected chi connectivity index (χ4v) is 6.33. The van der Waals surface area contributed by atoms with Crippen LogP contribution in [0.3, 0.4) is 0 Å². The number of aliphatic hydroxyl groups is 2. The van der Waals surface area contributed by atoms with Crippen molar-refractivity contribution < 1.29 is 29.3 Å². The minimum atomic E-state index is -1.44. The predicted octanol–water partition coefficient (Wildman–Crippen LogP) is 2.87. The highest BCUT2D eigenvalue weighted by atomic mass is 32.2. The maximum Gasteiger partial charge on any atom is 0.253 e. The van der Waals surface area contributed by atoms with Crippen molar-refractivity contribution in [2.75, 3.05) is 19.5 Å². The molecule has 2 rings (SSSR count). The Morgan fingerprint density at radius 3 is 2.16 bits per heavy atom. The number of aromatic nitrogens is 1. The number of hydrogen-bond donors (Lipinski definition) is 5. The van der Waals surface area contributed by atoms with Crippen LogP contribution in [0.25, 0.3) is 0 Å². The van der Waals surface area contributed by atoms with Gasteiger partial charge in [-0.2, -0.15) is 11.8 Å². The predicted molar refractivity (Wildman–Crippen MR) is 170 cm³/mol. The molecule has 0 aliphatic rings. The summed E-state index contributed by atoms with van der Waals surface area (Å²) in [5.74, 6) is -0.930. The van der Waals surface area contributed by atoms with Gasteiger partial charge in [0.1, 0.15) is 18.2 Å². The Kier molecular flexibility index (Phi) is 16.9. The molecule has 0 aliphatic carbocycles. The lowest BCUT2D eigenvalue weighted by Crippen LogP contribution is -2.59. The molecule has 0 spiro atoms. The fraction of sp³-hybridized carbons (Fsp3) is 0.562. The molecule has 0 fully saturated rings. The fourth-order valence-electron chi connectivity index (χ4n) is 4.83. The van der Waals surface area contributed by atoms with Gasteiger partial charge in [0.05, 0.1) is 17.6 Å². The number of nitrogens with zero attached hydrogens (tertiary/aromatic N) is 1. The number of carbonyl (C=O) groups is 3. The van der Waals surface area contributed by atoms with Crippen molar-refractivity contribution >= 4 is 29.5 Å². The zero-order valence-corrected chi connectivity index (χ0v) is 26.5. The molecule has 0 aliphatic heterocycles. The third-order valence-corrected chi connectivity index (χ3v) is 8.56. The van der Waals surface area contributed by atoms with Crippen molar-refractivity contribution in [3.05, 3.63) is 66.0 Å². The minimum Gasteiger partial charge on any atom is -0.388 e. The lowest BCUT2D eigenvalue weighted by atomic mass is 9.92. The molecule has 0 saturated heterocycles. The van der Waals surface area contributed by atoms with Gasteiger partial charge in [0.25, 0.3) is 5.91 Å². The number of aliphatic hydroxyl groups excluding tert-OH is 2. The van der Waals surface area contributed by atoms with Gasteiger partial charge >= 0.3 is 0 Å². The average molecular weight is 617 g/mol. The van der Waals surface area contributed by atoms with E-state index in [1.165, 1.54) is 20.2 Å². The SMILES string of the molecule is CCCC(CCC)SC[C@@H](NC(=O)c1cccnc1)C(=O)N[C@@H](Cc1ccccc1)[C@@H](O)[C@H](O)[C@@H](CCOC)NC(C)=O. The van der Waals surface area contributed by atoms with E-state index in [1.807, 2.05) is 30.3 Å². The van der Waals surface area contributed by atoms with E-state index < -0.39 is 42.1 Å². The number of carbonyl (C=O) groups excluding carboxylic acids is 3. The van der Waals surface area contributed by atoms with E-state index in [9.17, 15) is 24.6 Å². The van der Waals surface area contributed by atoms with E-state index in [2.05, 4.69) is 34.8 Å². The van der Waals surface area contributed by atoms with Crippen molar-refractivity contribution in [2.24, 2.45) is 0 Å². The van der Waals surface area contributed by atoms with Gasteiger partial charge in [0, 0.05) is 44.0 Å². The molecule has 43 heavy (non-hydrogen) atoms. The molecule has 1 heterocycles. The summed E-state index contributed by atoms with van der Waals surface area (Å²) < 4.78 is 5.13. The summed E-state index contributed by atoms with van der Waals surface area (Å²) in [6.45, 7) is 5.83. The number of pyridine rings is 1. The molecule has 10 nitrogen and oxygen atoms in total. The summed E-state index contributed by atoms with van der Waals surface area (Å²) in [4.78, 5) is 42.8. The smallest absolute Gasteiger partial charge is 0.253 e. The van der Waals surface area contributed by atoms with Gasteiger partial charge in [-0.3, -0.25) is 19.4 Å². The molecule has 0 bridgehead atoms. The number of benzene rings is 1. The second-order valence-corrected chi connectivity index (χ2v) is 12.0. The van der Waals surface area contributed by atoms with Crippen LogP contribution in [0.2, 0.25) is 0 Å². The number of rotatable bonds is 20. The van der Waals surface area contributed by atoms with Crippen LogP contribution in [-0.4, -0.2) is 88.0 Å². The Bertz CT molecular complexity index is 1090. The zero-order valence-electron chi connectivity index (χ0n) is 25.7. The van der Waals surface area contributed by atoms with Crippen LogP contribution in [0.4, 0.5) is 0 Å². The highest BCUT2D eigenvalue weighted by molar-refractivity contribution is 7.99. The molecule has 0 unspecified atom stereocenters. The van der Waals surface area contributed by atoms with Gasteiger partial charge in [-0.1, -0.05) is 57.0 Å². The molecule has 1 aromatic heterocycles. The minimum absolute atomic E-state index is 0.215. The molecule has 0 saturated carbocycles. The zero-order chi connectivity index (χ0) is 31.6. The normalized spacial score (nSPS) is 14.8. The molecular weight excluding hydrogens is 568 g/mol. The molecule has 1 aromatic carbocycles. The van der Waals surface area contributed by atoms with Crippen LogP contribution in [0, 0.1) is 0 Å². The van der Waals surface area contributed by atoms with Gasteiger partial charge in [0.2, 0.25) is 11.8 Å². The van der Waals surface area contributed by atoms with Crippen LogP contribution >= 0.6 is 11.8 Å². The number of thioether (sulfide) groups is 1. The number of nitrogens with one attached hydrogen (secondary N) is 3. The monoisotopic (exact) mass is 616 g/mol. The summed E-state index contributed by atoms with van der Waals surface area (Å²) in [5.41, 5.74) is 1.17. The van der Waals surface area contributed by atoms with E-state index in [-0.39, 0.29) is 25.4 Å². The first kappa shape index (κ1) is 36.2. The van der Waals surface area contributed by atoms with Gasteiger partial charge in [-0.25, -0.2) is 0 Å². The number of ether oxygens (including phenoxy) is 1. The van der Waals surface area contributed by atoms with Crippen molar-refractivity contribution in [1.82, 2.24) is 20.9 Å². The molecule has 3 amide bonds. The third kappa shape index (κ3) is 13.0. The van der Waals surface area contributed by atoms with E-state index in [0.717, 1.165) is 31.2 Å². The molecule has 0 radical (unpaired) electrons. The van der Waals surface area contributed by atoms with Crippen LogP contribution in [-0.2, 0) is 20.7 Å². The molecular formula is C32H48N4O6S. The van der Waals surface area contributed by atoms with Gasteiger partial charge in [-0.05, 0) is 43.4 Å². The van der Waals surface area contributed by atoms with E-state index in [1.54, 1.807) is 30.1 Å². The molecule has 2 aromatic rings. The molecule has 5 N–H and O–H groups in total. The Hall–Kier alpha value is -2.99. The standard InChI is InChI=1S/C32H48N4O6S/c1-5-11-25(12-6-2)43-21-28(36-31(40)24-15-10-17-33-20-24)32(41)35-27(19-23-13-8-7-9-14-23)30(39)29(38)26(16-18-42-4)34-22(3)37/h7-10,13-15,17,20,25-30,38-39H,5-6,11-12,16,18-19,21H2,1-4H3,(H,34,37)(H,35,41)(H,36,40)/t26-,27+,28-,29-,30-/m1/s1. The van der Waals surface area contributed by atoms with Gasteiger partial charge in [0.15, 0.2) is 0 Å². The highest BCUT2D eigenvalue weighted by Crippen LogP contribution is 2.23. The van der Waals surface area contributed by atoms with Gasteiger partial charge in [-0.15, -0.1) is 0 Å². The van der Waals surface area contributed by atoms with Crippen LogP contribution in [0.5, 0.6) is 0 Å². The summed E-state index contributed by atoms with van der Waals surface area (Å²) in [7, 11) is 1.51. The largest absolute Gasteiger partial charge is 0.388 e. The number of methoxy groups -OCH3 is 1. The lowest BCUT2D eigenvalue weighted by Gasteiger charge is -2.33. The second-order valence-electron chi connectivity index (χ2n) is 10.7. The average Bonchev–Trinajstić information content (AvgIpc) is 3.00. The Labute approximate surface area is 259 Å². The number of hydrogen-bond acceptors (Lipinski definition) is 8. The van der Waals surface area contributed by atoms with E-state index >= 15 is 0 Å². The van der Waals surface area contributed by atoms with Crippen molar-refractivity contribution in [2.45, 2.75) is 94.9 Å². The summed E-state index contributed by atoms with van der Waals surface area (Å²) in [6.07, 6.45) is 4.67. The molecule has 5 atom stereocenters. The second kappa shape index (κ2) is 20.1. The Morgan fingerprint density at radius 2 is 1.58 bits per heavy atom. The topological polar surface area (TPSA) is 150 Å². The molecule has 11 heteroatoms. The first-order valence-electron chi connectivity index (χ1n) is 15.0. The highest BCUT2D eigenvalue weighted by Gasteiger charge is 2.35. The van der Waals surface area contributed by atoms with Crippen molar-refractivity contribution in [1.29, 1.82) is 0 Å². The maximum absolute atomic E-state index is 13.8. The van der Waals surface area contributed by atoms with E-state index in [0.29, 0.717) is 16.6 Å². The maximum atomic E-state index is 13.8. The van der Waals surface area contributed by atoms with Crippen molar-refractivity contribution in [3.8, 4) is 0 Å². The summed E-state index contributed by atoms with van der Waals surface area (Å²) in [5, 5.41) is 31.4. The van der Waals surface area contributed by atoms with Crippen LogP contribution in [0.1, 0.15) is 68.8 Å². The first-order chi connectivity index (χ1) is 20.7. The quantitative estimate of drug-likeness (QED) is 0.152. The van der Waals surface area contributed by atoms with Gasteiger partial charge < -0.3 is 30.9 Å². The van der Waals surface area contributed by atoms with Crippen LogP contribution in [0.15, 0.2) is 54.9 Å². The van der Waals surface area contributed by atoms with Crippen LogP contribution < -0.4 is 16.0 Å². The molecule has 238 valence electrons. The van der Waals surface area contributed by atoms with E-state index in [4.69, 9.17) is 4.74 Å². The number of amides is 3. The lowest BCUT2D eigenvalue weighted by molar-refractivity contribution is -0.126. The first-order valence-corrected chi connectivity index (χ1v) is 16.0. The summed E-state index contributed by atoms with van der Waals surface area (Å²) >= 11 is 1.65. The van der Waals surface area contributed by atoms with Crippen molar-refractivity contribution in [3.63, 3.8) is 0 Å². The Morgan fingerprint density at radius 1 is 0.907 bits per heavy atom. The third-order valence-electron chi connectivity index (χ3n) is 7.09. The Balaban J connectivity index is 2.33.